The highest BCUT2D eigenvalue weighted by atomic mass is 32.1. The highest BCUT2D eigenvalue weighted by Crippen LogP contribution is 2.17. The van der Waals surface area contributed by atoms with Crippen molar-refractivity contribution < 1.29 is 9.84 Å². The molecule has 0 saturated carbocycles. The summed E-state index contributed by atoms with van der Waals surface area (Å²) in [5.74, 6) is 5.80. The third-order valence-corrected chi connectivity index (χ3v) is 3.26. The molecule has 0 bridgehead atoms. The average Bonchev–Trinajstić information content (AvgIpc) is 3.04. The predicted octanol–water partition coefficient (Wildman–Crippen LogP) is 1.15. The van der Waals surface area contributed by atoms with E-state index in [4.69, 9.17) is 10.6 Å². The van der Waals surface area contributed by atoms with E-state index in [0.717, 1.165) is 12.0 Å². The van der Waals surface area contributed by atoms with Crippen LogP contribution in [-0.4, -0.2) is 33.2 Å². The maximum atomic E-state index is 10.0. The smallest absolute Gasteiger partial charge is 0.323 e. The zero-order valence-electron chi connectivity index (χ0n) is 11.6. The first-order valence-corrected chi connectivity index (χ1v) is 7.46. The lowest BCUT2D eigenvalue weighted by Gasteiger charge is -2.12. The Balaban J connectivity index is 2.01. The van der Waals surface area contributed by atoms with Crippen LogP contribution in [0.15, 0.2) is 16.8 Å². The van der Waals surface area contributed by atoms with Crippen molar-refractivity contribution in [2.45, 2.75) is 19.4 Å². The SMILES string of the molecule is CCCOc1nc(NN)nc(NCC(O)c2ccsc2)n1. The summed E-state index contributed by atoms with van der Waals surface area (Å²) in [6, 6.07) is 2.06. The van der Waals surface area contributed by atoms with Crippen LogP contribution in [0.25, 0.3) is 0 Å². The minimum absolute atomic E-state index is 0.187. The summed E-state index contributed by atoms with van der Waals surface area (Å²) in [5.41, 5.74) is 3.20. The lowest BCUT2D eigenvalue weighted by Crippen LogP contribution is -2.17. The number of rotatable bonds is 8. The zero-order chi connectivity index (χ0) is 15.1. The molecule has 114 valence electrons. The molecule has 5 N–H and O–H groups in total. The number of aromatic nitrogens is 3. The number of hydrazine groups is 1. The van der Waals surface area contributed by atoms with Gasteiger partial charge < -0.3 is 15.2 Å². The van der Waals surface area contributed by atoms with Gasteiger partial charge in [0, 0.05) is 6.54 Å². The van der Waals surface area contributed by atoms with E-state index in [9.17, 15) is 5.11 Å². The first-order chi connectivity index (χ1) is 10.2. The Bertz CT molecular complexity index is 551. The van der Waals surface area contributed by atoms with Crippen LogP contribution in [-0.2, 0) is 0 Å². The van der Waals surface area contributed by atoms with Crippen LogP contribution < -0.4 is 21.3 Å². The second kappa shape index (κ2) is 7.72. The molecule has 0 fully saturated rings. The second-order valence-electron chi connectivity index (χ2n) is 4.21. The monoisotopic (exact) mass is 310 g/mol. The van der Waals surface area contributed by atoms with Gasteiger partial charge >= 0.3 is 6.01 Å². The van der Waals surface area contributed by atoms with Crippen molar-refractivity contribution >= 4 is 23.2 Å². The number of nitrogens with zero attached hydrogens (tertiary/aromatic N) is 3. The van der Waals surface area contributed by atoms with E-state index in [1.807, 2.05) is 23.8 Å². The van der Waals surface area contributed by atoms with Crippen LogP contribution in [0.4, 0.5) is 11.9 Å². The number of nitrogen functional groups attached to an aromatic ring is 1. The van der Waals surface area contributed by atoms with Gasteiger partial charge in [-0.2, -0.15) is 26.3 Å². The van der Waals surface area contributed by atoms with Crippen molar-refractivity contribution in [1.29, 1.82) is 0 Å². The minimum atomic E-state index is -0.637. The standard InChI is InChI=1S/C12H18N6O2S/c1-2-4-20-12-16-10(15-11(17-12)18-13)14-6-9(19)8-3-5-21-7-8/h3,5,7,9,19H,2,4,6,13H2,1H3,(H2,14,15,16,17,18). The summed E-state index contributed by atoms with van der Waals surface area (Å²) in [7, 11) is 0. The summed E-state index contributed by atoms with van der Waals surface area (Å²) in [4.78, 5) is 12.2. The maximum absolute atomic E-state index is 10.0. The van der Waals surface area contributed by atoms with E-state index in [0.29, 0.717) is 12.6 Å². The maximum Gasteiger partial charge on any atom is 0.323 e. The molecule has 0 aliphatic carbocycles. The average molecular weight is 310 g/mol. The van der Waals surface area contributed by atoms with Crippen molar-refractivity contribution in [3.8, 4) is 6.01 Å². The van der Waals surface area contributed by atoms with Crippen LogP contribution in [0.1, 0.15) is 25.0 Å². The molecule has 0 aliphatic rings. The van der Waals surface area contributed by atoms with Crippen LogP contribution in [0, 0.1) is 0 Å². The first-order valence-electron chi connectivity index (χ1n) is 6.52. The summed E-state index contributed by atoms with van der Waals surface area (Å²) in [5, 5.41) is 16.8. The molecule has 0 aliphatic heterocycles. The highest BCUT2D eigenvalue weighted by Gasteiger charge is 2.11. The van der Waals surface area contributed by atoms with E-state index in [1.165, 1.54) is 11.3 Å². The number of ether oxygens (including phenoxy) is 1. The second-order valence-corrected chi connectivity index (χ2v) is 4.99. The van der Waals surface area contributed by atoms with Gasteiger partial charge in [-0.3, -0.25) is 5.43 Å². The Morgan fingerprint density at radius 1 is 1.38 bits per heavy atom. The molecule has 9 heteroatoms. The molecular weight excluding hydrogens is 292 g/mol. The van der Waals surface area contributed by atoms with E-state index in [-0.39, 0.29) is 18.5 Å². The number of hydrogen-bond donors (Lipinski definition) is 4. The highest BCUT2D eigenvalue weighted by molar-refractivity contribution is 7.07. The molecule has 0 saturated heterocycles. The van der Waals surface area contributed by atoms with E-state index >= 15 is 0 Å². The number of aliphatic hydroxyl groups is 1. The number of anilines is 2. The van der Waals surface area contributed by atoms with Crippen LogP contribution >= 0.6 is 11.3 Å². The normalized spacial score (nSPS) is 12.0. The molecule has 2 aromatic heterocycles. The fraction of sp³-hybridized carbons (Fsp3) is 0.417. The van der Waals surface area contributed by atoms with E-state index < -0.39 is 6.10 Å². The third kappa shape index (κ3) is 4.52. The Morgan fingerprint density at radius 2 is 2.19 bits per heavy atom. The van der Waals surface area contributed by atoms with Gasteiger partial charge in [0.05, 0.1) is 12.7 Å². The van der Waals surface area contributed by atoms with Gasteiger partial charge in [0.1, 0.15) is 0 Å². The quantitative estimate of drug-likeness (QED) is 0.423. The molecule has 0 aromatic carbocycles. The summed E-state index contributed by atoms with van der Waals surface area (Å²) < 4.78 is 5.36. The first kappa shape index (κ1) is 15.4. The molecule has 1 atom stereocenters. The number of thiophene rings is 1. The minimum Gasteiger partial charge on any atom is -0.463 e. The molecule has 1 unspecified atom stereocenters. The molecule has 0 radical (unpaired) electrons. The lowest BCUT2D eigenvalue weighted by molar-refractivity contribution is 0.192. The van der Waals surface area contributed by atoms with Gasteiger partial charge in [0.2, 0.25) is 11.9 Å². The van der Waals surface area contributed by atoms with Crippen molar-refractivity contribution in [1.82, 2.24) is 15.0 Å². The number of nitrogens with one attached hydrogen (secondary N) is 2. The fourth-order valence-corrected chi connectivity index (χ4v) is 2.24. The largest absolute Gasteiger partial charge is 0.463 e. The van der Waals surface area contributed by atoms with Gasteiger partial charge in [-0.1, -0.05) is 6.92 Å². The van der Waals surface area contributed by atoms with Crippen molar-refractivity contribution in [3.63, 3.8) is 0 Å². The lowest BCUT2D eigenvalue weighted by atomic mass is 10.2. The summed E-state index contributed by atoms with van der Waals surface area (Å²) in [6.45, 7) is 2.77. The van der Waals surface area contributed by atoms with Crippen molar-refractivity contribution in [2.24, 2.45) is 5.84 Å². The Hall–Kier alpha value is -1.97. The van der Waals surface area contributed by atoms with E-state index in [2.05, 4.69) is 25.7 Å². The number of nitrogens with two attached hydrogens (primary N) is 1. The third-order valence-electron chi connectivity index (χ3n) is 2.56. The number of aliphatic hydroxyl groups excluding tert-OH is 1. The summed E-state index contributed by atoms with van der Waals surface area (Å²) in [6.07, 6.45) is 0.207. The molecule has 8 nitrogen and oxygen atoms in total. The Labute approximate surface area is 126 Å². The predicted molar refractivity (Wildman–Crippen MR) is 81.2 cm³/mol. The van der Waals surface area contributed by atoms with Gasteiger partial charge in [-0.15, -0.1) is 0 Å². The topological polar surface area (TPSA) is 118 Å². The zero-order valence-corrected chi connectivity index (χ0v) is 12.4. The Morgan fingerprint density at radius 3 is 2.86 bits per heavy atom. The van der Waals surface area contributed by atoms with Gasteiger partial charge in [0.15, 0.2) is 0 Å². The molecular formula is C12H18N6O2S. The van der Waals surface area contributed by atoms with Gasteiger partial charge in [-0.05, 0) is 28.8 Å². The Kier molecular flexibility index (Phi) is 5.67. The fourth-order valence-electron chi connectivity index (χ4n) is 1.53. The van der Waals surface area contributed by atoms with Gasteiger partial charge in [-0.25, -0.2) is 5.84 Å². The van der Waals surface area contributed by atoms with Crippen molar-refractivity contribution in [3.05, 3.63) is 22.4 Å². The summed E-state index contributed by atoms with van der Waals surface area (Å²) >= 11 is 1.53. The molecule has 2 heterocycles. The molecule has 0 amide bonds. The number of hydrogen-bond acceptors (Lipinski definition) is 9. The van der Waals surface area contributed by atoms with Crippen molar-refractivity contribution in [2.75, 3.05) is 23.9 Å². The van der Waals surface area contributed by atoms with Gasteiger partial charge in [0.25, 0.3) is 0 Å². The van der Waals surface area contributed by atoms with Crippen LogP contribution in [0.3, 0.4) is 0 Å². The van der Waals surface area contributed by atoms with Crippen LogP contribution in [0.2, 0.25) is 0 Å². The molecule has 2 aromatic rings. The van der Waals surface area contributed by atoms with Crippen LogP contribution in [0.5, 0.6) is 6.01 Å². The molecule has 0 spiro atoms. The molecule has 21 heavy (non-hydrogen) atoms. The molecule has 2 rings (SSSR count). The van der Waals surface area contributed by atoms with E-state index in [1.54, 1.807) is 0 Å².